The van der Waals surface area contributed by atoms with Gasteiger partial charge in [-0.05, 0) is 12.8 Å². The van der Waals surface area contributed by atoms with Gasteiger partial charge in [-0.3, -0.25) is 9.48 Å². The Hall–Kier alpha value is -2.09. The lowest BCUT2D eigenvalue weighted by molar-refractivity contribution is -0.126. The van der Waals surface area contributed by atoms with Crippen molar-refractivity contribution in [1.29, 1.82) is 0 Å². The number of ether oxygens (including phenoxy) is 1. The SMILES string of the molecule is Cn1ccc(NC(=O)C2(C(N)=NO)CCOCC2)n1. The minimum absolute atomic E-state index is 0.0933. The molecular weight excluding hydrogens is 250 g/mol. The van der Waals surface area contributed by atoms with Crippen molar-refractivity contribution in [2.24, 2.45) is 23.4 Å². The monoisotopic (exact) mass is 267 g/mol. The normalized spacial score (nSPS) is 19.1. The van der Waals surface area contributed by atoms with Crippen molar-refractivity contribution >= 4 is 17.6 Å². The van der Waals surface area contributed by atoms with Crippen molar-refractivity contribution in [3.63, 3.8) is 0 Å². The first-order valence-electron chi connectivity index (χ1n) is 5.95. The Bertz CT molecular complexity index is 490. The van der Waals surface area contributed by atoms with Crippen LogP contribution < -0.4 is 11.1 Å². The Morgan fingerprint density at radius 3 is 2.84 bits per heavy atom. The van der Waals surface area contributed by atoms with E-state index in [0.717, 1.165) is 0 Å². The predicted octanol–water partition coefficient (Wildman–Crippen LogP) is -0.0982. The van der Waals surface area contributed by atoms with Crippen LogP contribution in [0.1, 0.15) is 12.8 Å². The van der Waals surface area contributed by atoms with E-state index in [9.17, 15) is 4.79 Å². The van der Waals surface area contributed by atoms with Crippen LogP contribution in [0.5, 0.6) is 0 Å². The van der Waals surface area contributed by atoms with Crippen molar-refractivity contribution in [1.82, 2.24) is 9.78 Å². The number of nitrogens with zero attached hydrogens (tertiary/aromatic N) is 3. The number of carbonyl (C=O) groups excluding carboxylic acids is 1. The van der Waals surface area contributed by atoms with Gasteiger partial charge >= 0.3 is 0 Å². The van der Waals surface area contributed by atoms with Gasteiger partial charge in [0.15, 0.2) is 11.7 Å². The number of nitrogens with one attached hydrogen (secondary N) is 1. The third kappa shape index (κ3) is 2.53. The molecule has 0 saturated carbocycles. The van der Waals surface area contributed by atoms with E-state index < -0.39 is 5.41 Å². The van der Waals surface area contributed by atoms with Crippen LogP contribution in [-0.2, 0) is 16.6 Å². The molecular formula is C11H17N5O3. The number of amidine groups is 1. The highest BCUT2D eigenvalue weighted by molar-refractivity contribution is 6.11. The molecule has 0 aliphatic carbocycles. The lowest BCUT2D eigenvalue weighted by atomic mass is 9.78. The standard InChI is InChI=1S/C11H17N5O3/c1-16-5-2-8(14-16)13-10(17)11(9(12)15-18)3-6-19-7-4-11/h2,5,18H,3-4,6-7H2,1H3,(H2,12,15)(H,13,14,17). The number of oxime groups is 1. The number of hydrogen-bond acceptors (Lipinski definition) is 5. The lowest BCUT2D eigenvalue weighted by Crippen LogP contribution is -2.50. The number of amides is 1. The molecule has 0 unspecified atom stereocenters. The summed E-state index contributed by atoms with van der Waals surface area (Å²) < 4.78 is 6.81. The van der Waals surface area contributed by atoms with Gasteiger partial charge in [-0.15, -0.1) is 0 Å². The van der Waals surface area contributed by atoms with E-state index in [-0.39, 0.29) is 11.7 Å². The number of anilines is 1. The molecule has 1 aliphatic heterocycles. The number of nitrogens with two attached hydrogens (primary N) is 1. The highest BCUT2D eigenvalue weighted by atomic mass is 16.5. The molecule has 1 aromatic rings. The summed E-state index contributed by atoms with van der Waals surface area (Å²) in [6.07, 6.45) is 2.47. The Morgan fingerprint density at radius 2 is 2.32 bits per heavy atom. The molecule has 104 valence electrons. The molecule has 1 fully saturated rings. The molecule has 1 aliphatic rings. The maximum absolute atomic E-state index is 12.4. The minimum atomic E-state index is -1.04. The van der Waals surface area contributed by atoms with Crippen molar-refractivity contribution < 1.29 is 14.7 Å². The smallest absolute Gasteiger partial charge is 0.239 e. The zero-order valence-corrected chi connectivity index (χ0v) is 10.7. The first-order valence-corrected chi connectivity index (χ1v) is 5.95. The molecule has 4 N–H and O–H groups in total. The molecule has 0 spiro atoms. The average molecular weight is 267 g/mol. The van der Waals surface area contributed by atoms with Gasteiger partial charge in [-0.2, -0.15) is 5.10 Å². The molecule has 0 radical (unpaired) electrons. The minimum Gasteiger partial charge on any atom is -0.409 e. The second kappa shape index (κ2) is 5.27. The fourth-order valence-electron chi connectivity index (χ4n) is 2.13. The summed E-state index contributed by atoms with van der Waals surface area (Å²) in [5, 5.41) is 18.7. The summed E-state index contributed by atoms with van der Waals surface area (Å²) in [5.74, 6) is 0.0122. The highest BCUT2D eigenvalue weighted by Crippen LogP contribution is 2.32. The van der Waals surface area contributed by atoms with Crippen LogP contribution in [-0.4, -0.2) is 39.9 Å². The van der Waals surface area contributed by atoms with Crippen molar-refractivity contribution in [2.45, 2.75) is 12.8 Å². The van der Waals surface area contributed by atoms with Gasteiger partial charge in [-0.1, -0.05) is 5.16 Å². The first kappa shape index (κ1) is 13.3. The Kier molecular flexibility index (Phi) is 3.70. The Morgan fingerprint density at radius 1 is 1.63 bits per heavy atom. The van der Waals surface area contributed by atoms with E-state index in [1.807, 2.05) is 0 Å². The first-order chi connectivity index (χ1) is 9.08. The number of aromatic nitrogens is 2. The molecule has 8 nitrogen and oxygen atoms in total. The largest absolute Gasteiger partial charge is 0.409 e. The van der Waals surface area contributed by atoms with Gasteiger partial charge in [0.2, 0.25) is 5.91 Å². The number of rotatable bonds is 3. The Labute approximate surface area is 110 Å². The van der Waals surface area contributed by atoms with E-state index in [0.29, 0.717) is 31.9 Å². The summed E-state index contributed by atoms with van der Waals surface area (Å²) in [6.45, 7) is 0.789. The van der Waals surface area contributed by atoms with Crippen molar-refractivity contribution in [3.8, 4) is 0 Å². The molecule has 0 atom stereocenters. The van der Waals surface area contributed by atoms with Crippen LogP contribution in [0, 0.1) is 5.41 Å². The van der Waals surface area contributed by atoms with Crippen LogP contribution in [0.2, 0.25) is 0 Å². The fraction of sp³-hybridized carbons (Fsp3) is 0.545. The van der Waals surface area contributed by atoms with Gasteiger partial charge in [0, 0.05) is 32.5 Å². The van der Waals surface area contributed by atoms with E-state index in [1.54, 1.807) is 24.0 Å². The van der Waals surface area contributed by atoms with Crippen LogP contribution in [0.25, 0.3) is 0 Å². The van der Waals surface area contributed by atoms with Gasteiger partial charge < -0.3 is 21.0 Å². The number of aryl methyl sites for hydroxylation is 1. The van der Waals surface area contributed by atoms with E-state index in [2.05, 4.69) is 15.6 Å². The number of carbonyl (C=O) groups is 1. The van der Waals surface area contributed by atoms with Gasteiger partial charge in [0.1, 0.15) is 5.41 Å². The molecule has 2 heterocycles. The molecule has 2 rings (SSSR count). The maximum atomic E-state index is 12.4. The van der Waals surface area contributed by atoms with Crippen LogP contribution in [0.15, 0.2) is 17.4 Å². The van der Waals surface area contributed by atoms with E-state index >= 15 is 0 Å². The third-order valence-corrected chi connectivity index (χ3v) is 3.33. The lowest BCUT2D eigenvalue weighted by Gasteiger charge is -2.33. The number of hydrogen-bond donors (Lipinski definition) is 3. The highest BCUT2D eigenvalue weighted by Gasteiger charge is 2.44. The second-order valence-electron chi connectivity index (χ2n) is 4.51. The maximum Gasteiger partial charge on any atom is 0.239 e. The van der Waals surface area contributed by atoms with Gasteiger partial charge in [0.25, 0.3) is 0 Å². The summed E-state index contributed by atoms with van der Waals surface area (Å²) in [4.78, 5) is 12.4. The van der Waals surface area contributed by atoms with Crippen molar-refractivity contribution in [3.05, 3.63) is 12.3 Å². The third-order valence-electron chi connectivity index (χ3n) is 3.33. The average Bonchev–Trinajstić information content (AvgIpc) is 2.83. The van der Waals surface area contributed by atoms with Crippen LogP contribution in [0.4, 0.5) is 5.82 Å². The summed E-state index contributed by atoms with van der Waals surface area (Å²) in [7, 11) is 1.75. The molecule has 0 aromatic carbocycles. The van der Waals surface area contributed by atoms with Crippen LogP contribution in [0.3, 0.4) is 0 Å². The second-order valence-corrected chi connectivity index (χ2v) is 4.51. The molecule has 0 bridgehead atoms. The van der Waals surface area contributed by atoms with Gasteiger partial charge in [-0.25, -0.2) is 0 Å². The molecule has 1 amide bonds. The Balaban J connectivity index is 2.21. The summed E-state index contributed by atoms with van der Waals surface area (Å²) in [6, 6.07) is 1.68. The zero-order valence-electron chi connectivity index (χ0n) is 10.7. The topological polar surface area (TPSA) is 115 Å². The van der Waals surface area contributed by atoms with Gasteiger partial charge in [0.05, 0.1) is 0 Å². The quantitative estimate of drug-likeness (QED) is 0.306. The van der Waals surface area contributed by atoms with E-state index in [4.69, 9.17) is 15.7 Å². The summed E-state index contributed by atoms with van der Waals surface area (Å²) in [5.41, 5.74) is 4.66. The van der Waals surface area contributed by atoms with Crippen molar-refractivity contribution in [2.75, 3.05) is 18.5 Å². The zero-order chi connectivity index (χ0) is 13.9. The molecule has 19 heavy (non-hydrogen) atoms. The van der Waals surface area contributed by atoms with Crippen LogP contribution >= 0.6 is 0 Å². The molecule has 1 aromatic heterocycles. The molecule has 1 saturated heterocycles. The fourth-order valence-corrected chi connectivity index (χ4v) is 2.13. The summed E-state index contributed by atoms with van der Waals surface area (Å²) >= 11 is 0. The molecule has 8 heteroatoms. The van der Waals surface area contributed by atoms with E-state index in [1.165, 1.54) is 0 Å². The predicted molar refractivity (Wildman–Crippen MR) is 67.7 cm³/mol.